The van der Waals surface area contributed by atoms with Gasteiger partial charge in [0, 0.05) is 35.2 Å². The van der Waals surface area contributed by atoms with E-state index in [1.807, 2.05) is 27.7 Å². The first-order chi connectivity index (χ1) is 14.5. The Kier molecular flexibility index (Phi) is 6.24. The third kappa shape index (κ3) is 5.36. The fourth-order valence-corrected chi connectivity index (χ4v) is 3.48. The Balaban J connectivity index is 1.74. The van der Waals surface area contributed by atoms with Crippen LogP contribution < -0.4 is 10.7 Å². The average Bonchev–Trinajstić information content (AvgIpc) is 3.03. The second-order valence-corrected chi connectivity index (χ2v) is 8.61. The second kappa shape index (κ2) is 8.71. The van der Waals surface area contributed by atoms with Gasteiger partial charge in [0.15, 0.2) is 5.76 Å². The second-order valence-electron chi connectivity index (χ2n) is 8.61. The maximum atomic E-state index is 12.6. The van der Waals surface area contributed by atoms with E-state index in [1.165, 1.54) is 12.1 Å². The molecule has 0 saturated carbocycles. The first-order valence-corrected chi connectivity index (χ1v) is 10.1. The van der Waals surface area contributed by atoms with Crippen molar-refractivity contribution in [2.24, 2.45) is 5.10 Å². The first-order valence-electron chi connectivity index (χ1n) is 10.1. The number of carbonyl (C=O) groups is 2. The number of nitro benzene ring substituents is 1. The summed E-state index contributed by atoms with van der Waals surface area (Å²) in [6, 6.07) is 5.82. The molecule has 0 fully saturated rings. The van der Waals surface area contributed by atoms with Gasteiger partial charge in [0.1, 0.15) is 5.76 Å². The van der Waals surface area contributed by atoms with Crippen molar-refractivity contribution in [3.05, 3.63) is 62.6 Å². The number of rotatable bonds is 5. The molecule has 0 radical (unpaired) electrons. The number of hydrogen-bond donors (Lipinski definition) is 2. The Hall–Kier alpha value is -3.49. The minimum atomic E-state index is -0.486. The lowest BCUT2D eigenvalue weighted by molar-refractivity contribution is -0.384. The molecule has 1 heterocycles. The molecule has 1 aliphatic rings. The summed E-state index contributed by atoms with van der Waals surface area (Å²) < 4.78 is 5.85. The van der Waals surface area contributed by atoms with Crippen molar-refractivity contribution in [1.29, 1.82) is 0 Å². The SMILES string of the molecule is Cc1c(C(=O)NC(C)(C)C)oc2c1/C(=N/NC(=O)Cc1ccc([N+](=O)[O-])cc1)CCC2. The molecule has 0 atom stereocenters. The summed E-state index contributed by atoms with van der Waals surface area (Å²) >= 11 is 0. The Bertz CT molecular complexity index is 1050. The molecule has 0 aliphatic heterocycles. The van der Waals surface area contributed by atoms with Crippen LogP contribution in [0, 0.1) is 17.0 Å². The fraction of sp³-hybridized carbons (Fsp3) is 0.409. The molecule has 31 heavy (non-hydrogen) atoms. The van der Waals surface area contributed by atoms with Crippen LogP contribution in [0.3, 0.4) is 0 Å². The van der Waals surface area contributed by atoms with Gasteiger partial charge in [0.05, 0.1) is 17.1 Å². The van der Waals surface area contributed by atoms with Crippen LogP contribution >= 0.6 is 0 Å². The van der Waals surface area contributed by atoms with Gasteiger partial charge >= 0.3 is 0 Å². The van der Waals surface area contributed by atoms with Crippen LogP contribution in [0.5, 0.6) is 0 Å². The van der Waals surface area contributed by atoms with E-state index in [9.17, 15) is 19.7 Å². The molecule has 3 rings (SSSR count). The molecule has 2 N–H and O–H groups in total. The minimum Gasteiger partial charge on any atom is -0.455 e. The van der Waals surface area contributed by atoms with Crippen LogP contribution in [0.25, 0.3) is 0 Å². The maximum absolute atomic E-state index is 12.6. The smallest absolute Gasteiger partial charge is 0.287 e. The number of non-ortho nitro benzene ring substituents is 1. The van der Waals surface area contributed by atoms with Crippen LogP contribution in [0.15, 0.2) is 33.8 Å². The molecule has 2 aromatic rings. The summed E-state index contributed by atoms with van der Waals surface area (Å²) in [6.07, 6.45) is 2.21. The molecule has 2 amide bonds. The Morgan fingerprint density at radius 2 is 1.87 bits per heavy atom. The summed E-state index contributed by atoms with van der Waals surface area (Å²) in [5, 5.41) is 17.9. The molecule has 0 unspecified atom stereocenters. The molecular formula is C22H26N4O5. The average molecular weight is 426 g/mol. The third-order valence-electron chi connectivity index (χ3n) is 4.85. The number of nitrogens with one attached hydrogen (secondary N) is 2. The fourth-order valence-electron chi connectivity index (χ4n) is 3.48. The Morgan fingerprint density at radius 3 is 2.48 bits per heavy atom. The lowest BCUT2D eigenvalue weighted by Crippen LogP contribution is -2.40. The van der Waals surface area contributed by atoms with Crippen LogP contribution in [-0.2, 0) is 17.6 Å². The van der Waals surface area contributed by atoms with Crippen molar-refractivity contribution in [3.8, 4) is 0 Å². The number of hydrogen-bond acceptors (Lipinski definition) is 6. The third-order valence-corrected chi connectivity index (χ3v) is 4.85. The van der Waals surface area contributed by atoms with Crippen molar-refractivity contribution in [1.82, 2.24) is 10.7 Å². The van der Waals surface area contributed by atoms with Gasteiger partial charge in [-0.25, -0.2) is 5.43 Å². The summed E-state index contributed by atoms with van der Waals surface area (Å²) in [4.78, 5) is 35.1. The zero-order valence-corrected chi connectivity index (χ0v) is 18.1. The predicted octanol–water partition coefficient (Wildman–Crippen LogP) is 3.42. The van der Waals surface area contributed by atoms with Crippen LogP contribution in [-0.4, -0.2) is 28.0 Å². The normalized spacial score (nSPS) is 14.8. The molecule has 0 bridgehead atoms. The number of hydrazone groups is 1. The number of amides is 2. The highest BCUT2D eigenvalue weighted by atomic mass is 16.6. The molecule has 9 heteroatoms. The van der Waals surface area contributed by atoms with Crippen molar-refractivity contribution < 1.29 is 18.9 Å². The van der Waals surface area contributed by atoms with Gasteiger partial charge < -0.3 is 9.73 Å². The summed E-state index contributed by atoms with van der Waals surface area (Å²) in [7, 11) is 0. The van der Waals surface area contributed by atoms with Crippen molar-refractivity contribution in [2.45, 2.75) is 58.9 Å². The standard InChI is InChI=1S/C22H26N4O5/c1-13-19-16(6-5-7-17(19)31-20(13)21(28)23-22(2,3)4)24-25-18(27)12-14-8-10-15(11-9-14)26(29)30/h8-11H,5-7,12H2,1-4H3,(H,23,28)(H,25,27)/b24-16+. The topological polar surface area (TPSA) is 127 Å². The number of nitro groups is 1. The highest BCUT2D eigenvalue weighted by Gasteiger charge is 2.29. The number of benzene rings is 1. The molecule has 0 saturated heterocycles. The lowest BCUT2D eigenvalue weighted by atomic mass is 9.93. The van der Waals surface area contributed by atoms with Gasteiger partial charge in [-0.15, -0.1) is 0 Å². The maximum Gasteiger partial charge on any atom is 0.287 e. The summed E-state index contributed by atoms with van der Waals surface area (Å²) in [5.74, 6) is 0.360. The first kappa shape index (κ1) is 22.2. The molecule has 0 spiro atoms. The van der Waals surface area contributed by atoms with Crippen molar-refractivity contribution in [3.63, 3.8) is 0 Å². The Morgan fingerprint density at radius 1 is 1.19 bits per heavy atom. The van der Waals surface area contributed by atoms with E-state index in [1.54, 1.807) is 12.1 Å². The number of fused-ring (bicyclic) bond motifs is 1. The molecule has 164 valence electrons. The number of nitrogens with zero attached hydrogens (tertiary/aromatic N) is 2. The Labute approximate surface area is 180 Å². The zero-order valence-electron chi connectivity index (χ0n) is 18.1. The van der Waals surface area contributed by atoms with Crippen LogP contribution in [0.1, 0.15) is 66.6 Å². The van der Waals surface area contributed by atoms with E-state index in [4.69, 9.17) is 4.42 Å². The van der Waals surface area contributed by atoms with Crippen molar-refractivity contribution in [2.75, 3.05) is 0 Å². The van der Waals surface area contributed by atoms with Gasteiger partial charge in [0.25, 0.3) is 11.6 Å². The van der Waals surface area contributed by atoms with E-state index >= 15 is 0 Å². The number of carbonyl (C=O) groups excluding carboxylic acids is 2. The molecule has 9 nitrogen and oxygen atoms in total. The van der Waals surface area contributed by atoms with Gasteiger partial charge in [0.2, 0.25) is 5.91 Å². The van der Waals surface area contributed by atoms with E-state index in [0.717, 1.165) is 12.0 Å². The quantitative estimate of drug-likeness (QED) is 0.559. The van der Waals surface area contributed by atoms with Crippen LogP contribution in [0.4, 0.5) is 5.69 Å². The van der Waals surface area contributed by atoms with E-state index in [0.29, 0.717) is 35.4 Å². The van der Waals surface area contributed by atoms with Gasteiger partial charge in [-0.05, 0) is 46.1 Å². The van der Waals surface area contributed by atoms with Crippen molar-refractivity contribution >= 4 is 23.2 Å². The number of furan rings is 1. The highest BCUT2D eigenvalue weighted by Crippen LogP contribution is 2.30. The lowest BCUT2D eigenvalue weighted by Gasteiger charge is -2.19. The minimum absolute atomic E-state index is 0.0270. The summed E-state index contributed by atoms with van der Waals surface area (Å²) in [5.41, 5.74) is 4.95. The largest absolute Gasteiger partial charge is 0.455 e. The van der Waals surface area contributed by atoms with E-state index < -0.39 is 4.92 Å². The van der Waals surface area contributed by atoms with E-state index in [2.05, 4.69) is 15.8 Å². The van der Waals surface area contributed by atoms with Gasteiger partial charge in [-0.3, -0.25) is 19.7 Å². The van der Waals surface area contributed by atoms with Gasteiger partial charge in [-0.1, -0.05) is 12.1 Å². The van der Waals surface area contributed by atoms with E-state index in [-0.39, 0.29) is 35.2 Å². The monoisotopic (exact) mass is 426 g/mol. The molecule has 1 aromatic carbocycles. The van der Waals surface area contributed by atoms with Crippen LogP contribution in [0.2, 0.25) is 0 Å². The molecule has 1 aliphatic carbocycles. The van der Waals surface area contributed by atoms with Gasteiger partial charge in [-0.2, -0.15) is 5.10 Å². The predicted molar refractivity (Wildman–Crippen MR) is 115 cm³/mol. The zero-order chi connectivity index (χ0) is 22.8. The molecular weight excluding hydrogens is 400 g/mol. The summed E-state index contributed by atoms with van der Waals surface area (Å²) in [6.45, 7) is 7.52. The highest BCUT2D eigenvalue weighted by molar-refractivity contribution is 6.06. The molecule has 1 aromatic heterocycles. The number of aryl methyl sites for hydroxylation is 1.